The minimum atomic E-state index is -0.130. The first-order valence-corrected chi connectivity index (χ1v) is 7.20. The van der Waals surface area contributed by atoms with Crippen LogP contribution in [0.25, 0.3) is 0 Å². The first-order chi connectivity index (χ1) is 10.1. The number of carbonyl (C=O) groups is 2. The van der Waals surface area contributed by atoms with E-state index in [0.29, 0.717) is 30.0 Å². The van der Waals surface area contributed by atoms with Gasteiger partial charge in [-0.05, 0) is 43.9 Å². The van der Waals surface area contributed by atoms with Crippen LogP contribution in [0.3, 0.4) is 0 Å². The topological polar surface area (TPSA) is 67.4 Å². The molecular weight excluding hydrogens is 268 g/mol. The minimum absolute atomic E-state index is 0.0187. The minimum Gasteiger partial charge on any atom is -0.498 e. The van der Waals surface area contributed by atoms with Gasteiger partial charge in [-0.1, -0.05) is 6.07 Å². The van der Waals surface area contributed by atoms with E-state index in [2.05, 4.69) is 10.6 Å². The highest BCUT2D eigenvalue weighted by atomic mass is 16.5. The van der Waals surface area contributed by atoms with Crippen molar-refractivity contribution in [3.63, 3.8) is 0 Å². The number of amides is 2. The Morgan fingerprint density at radius 3 is 2.95 bits per heavy atom. The van der Waals surface area contributed by atoms with Crippen LogP contribution >= 0.6 is 0 Å². The SMILES string of the molecule is CC1=C(C(=O)Nc2ccc3c(c2)NC(=O)CC3)CCCO1. The van der Waals surface area contributed by atoms with Crippen LogP contribution < -0.4 is 10.6 Å². The van der Waals surface area contributed by atoms with Gasteiger partial charge in [-0.2, -0.15) is 0 Å². The average Bonchev–Trinajstić information content (AvgIpc) is 2.47. The van der Waals surface area contributed by atoms with Crippen molar-refractivity contribution in [3.05, 3.63) is 35.1 Å². The smallest absolute Gasteiger partial charge is 0.254 e. The fourth-order valence-electron chi connectivity index (χ4n) is 2.67. The standard InChI is InChI=1S/C16H18N2O3/c1-10-13(3-2-8-21-10)16(20)17-12-6-4-11-5-7-15(19)18-14(11)9-12/h4,6,9H,2-3,5,7-8H2,1H3,(H,17,20)(H,18,19). The number of fused-ring (bicyclic) bond motifs is 1. The lowest BCUT2D eigenvalue weighted by Gasteiger charge is -2.20. The number of aryl methyl sites for hydroxylation is 1. The van der Waals surface area contributed by atoms with Gasteiger partial charge in [0, 0.05) is 17.8 Å². The quantitative estimate of drug-likeness (QED) is 0.878. The second-order valence-corrected chi connectivity index (χ2v) is 5.36. The summed E-state index contributed by atoms with van der Waals surface area (Å²) in [4.78, 5) is 23.7. The molecule has 2 amide bonds. The predicted octanol–water partition coefficient (Wildman–Crippen LogP) is 2.59. The number of hydrogen-bond donors (Lipinski definition) is 2. The largest absolute Gasteiger partial charge is 0.498 e. The molecule has 0 radical (unpaired) electrons. The van der Waals surface area contributed by atoms with Crippen LogP contribution in [-0.2, 0) is 20.7 Å². The highest BCUT2D eigenvalue weighted by Crippen LogP contribution is 2.27. The molecule has 110 valence electrons. The summed E-state index contributed by atoms with van der Waals surface area (Å²) in [6.45, 7) is 2.49. The zero-order chi connectivity index (χ0) is 14.8. The number of hydrogen-bond acceptors (Lipinski definition) is 3. The molecule has 1 aromatic rings. The molecule has 21 heavy (non-hydrogen) atoms. The average molecular weight is 286 g/mol. The molecule has 2 aliphatic rings. The third-order valence-corrected chi connectivity index (χ3v) is 3.85. The third kappa shape index (κ3) is 2.91. The van der Waals surface area contributed by atoms with E-state index in [4.69, 9.17) is 4.74 Å². The number of ether oxygens (including phenoxy) is 1. The Balaban J connectivity index is 1.77. The van der Waals surface area contributed by atoms with Gasteiger partial charge in [-0.3, -0.25) is 9.59 Å². The summed E-state index contributed by atoms with van der Waals surface area (Å²) in [5.74, 6) is 0.588. The molecule has 5 nitrogen and oxygen atoms in total. The molecule has 0 bridgehead atoms. The maximum atomic E-state index is 12.3. The van der Waals surface area contributed by atoms with Crippen LogP contribution in [-0.4, -0.2) is 18.4 Å². The second kappa shape index (κ2) is 5.60. The Bertz CT molecular complexity index is 634. The molecule has 0 fully saturated rings. The fourth-order valence-corrected chi connectivity index (χ4v) is 2.67. The van der Waals surface area contributed by atoms with Gasteiger partial charge >= 0.3 is 0 Å². The molecule has 3 rings (SSSR count). The van der Waals surface area contributed by atoms with E-state index in [9.17, 15) is 9.59 Å². The van der Waals surface area contributed by atoms with Crippen LogP contribution in [0.1, 0.15) is 31.7 Å². The number of anilines is 2. The molecule has 0 unspecified atom stereocenters. The van der Waals surface area contributed by atoms with E-state index < -0.39 is 0 Å². The highest BCUT2D eigenvalue weighted by Gasteiger charge is 2.19. The maximum absolute atomic E-state index is 12.3. The van der Waals surface area contributed by atoms with Crippen LogP contribution in [0.4, 0.5) is 11.4 Å². The van der Waals surface area contributed by atoms with Crippen LogP contribution in [0.2, 0.25) is 0 Å². The molecule has 0 atom stereocenters. The summed E-state index contributed by atoms with van der Waals surface area (Å²) in [6, 6.07) is 5.63. The monoisotopic (exact) mass is 286 g/mol. The highest BCUT2D eigenvalue weighted by molar-refractivity contribution is 6.04. The van der Waals surface area contributed by atoms with Gasteiger partial charge in [-0.25, -0.2) is 0 Å². The Hall–Kier alpha value is -2.30. The lowest BCUT2D eigenvalue weighted by molar-refractivity contribution is -0.116. The Morgan fingerprint density at radius 2 is 2.14 bits per heavy atom. The van der Waals surface area contributed by atoms with E-state index in [1.165, 1.54) is 0 Å². The van der Waals surface area contributed by atoms with E-state index in [0.717, 1.165) is 30.5 Å². The van der Waals surface area contributed by atoms with Crippen LogP contribution in [0, 0.1) is 0 Å². The van der Waals surface area contributed by atoms with Gasteiger partial charge in [0.05, 0.1) is 12.2 Å². The van der Waals surface area contributed by atoms with Gasteiger partial charge in [-0.15, -0.1) is 0 Å². The molecule has 2 aliphatic heterocycles. The van der Waals surface area contributed by atoms with Crippen LogP contribution in [0.15, 0.2) is 29.5 Å². The van der Waals surface area contributed by atoms with Gasteiger partial charge in [0.2, 0.25) is 5.91 Å². The van der Waals surface area contributed by atoms with E-state index in [-0.39, 0.29) is 11.8 Å². The van der Waals surface area contributed by atoms with Crippen molar-refractivity contribution in [1.29, 1.82) is 0 Å². The molecule has 1 aromatic carbocycles. The normalized spacial score (nSPS) is 17.7. The summed E-state index contributed by atoms with van der Waals surface area (Å²) in [5.41, 5.74) is 3.27. The molecule has 0 aliphatic carbocycles. The zero-order valence-corrected chi connectivity index (χ0v) is 12.0. The number of allylic oxidation sites excluding steroid dienone is 1. The summed E-state index contributed by atoms with van der Waals surface area (Å²) in [6.07, 6.45) is 2.86. The predicted molar refractivity (Wildman–Crippen MR) is 79.9 cm³/mol. The Morgan fingerprint density at radius 1 is 1.29 bits per heavy atom. The number of benzene rings is 1. The second-order valence-electron chi connectivity index (χ2n) is 5.36. The number of nitrogens with one attached hydrogen (secondary N) is 2. The molecule has 0 aromatic heterocycles. The summed E-state index contributed by atoms with van der Waals surface area (Å²) < 4.78 is 5.42. The summed E-state index contributed by atoms with van der Waals surface area (Å²) in [7, 11) is 0. The fraction of sp³-hybridized carbons (Fsp3) is 0.375. The number of carbonyl (C=O) groups excluding carboxylic acids is 2. The molecule has 0 saturated heterocycles. The van der Waals surface area contributed by atoms with Gasteiger partial charge in [0.15, 0.2) is 0 Å². The maximum Gasteiger partial charge on any atom is 0.254 e. The summed E-state index contributed by atoms with van der Waals surface area (Å²) in [5, 5.41) is 5.71. The lowest BCUT2D eigenvalue weighted by atomic mass is 10.0. The van der Waals surface area contributed by atoms with Crippen molar-refractivity contribution in [2.75, 3.05) is 17.2 Å². The van der Waals surface area contributed by atoms with Crippen molar-refractivity contribution >= 4 is 23.2 Å². The molecular formula is C16H18N2O3. The molecule has 2 N–H and O–H groups in total. The molecule has 5 heteroatoms. The van der Waals surface area contributed by atoms with Crippen molar-refractivity contribution in [2.24, 2.45) is 0 Å². The van der Waals surface area contributed by atoms with Gasteiger partial charge in [0.1, 0.15) is 5.76 Å². The van der Waals surface area contributed by atoms with Crippen LogP contribution in [0.5, 0.6) is 0 Å². The van der Waals surface area contributed by atoms with Crippen molar-refractivity contribution in [1.82, 2.24) is 0 Å². The van der Waals surface area contributed by atoms with E-state index in [1.54, 1.807) is 0 Å². The summed E-state index contributed by atoms with van der Waals surface area (Å²) >= 11 is 0. The van der Waals surface area contributed by atoms with E-state index in [1.807, 2.05) is 25.1 Å². The Labute approximate surface area is 123 Å². The zero-order valence-electron chi connectivity index (χ0n) is 12.0. The third-order valence-electron chi connectivity index (χ3n) is 3.85. The molecule has 0 saturated carbocycles. The Kier molecular flexibility index (Phi) is 3.64. The lowest BCUT2D eigenvalue weighted by Crippen LogP contribution is -2.21. The first kappa shape index (κ1) is 13.7. The first-order valence-electron chi connectivity index (χ1n) is 7.20. The van der Waals surface area contributed by atoms with E-state index >= 15 is 0 Å². The van der Waals surface area contributed by atoms with Gasteiger partial charge in [0.25, 0.3) is 5.91 Å². The number of rotatable bonds is 2. The van der Waals surface area contributed by atoms with Crippen molar-refractivity contribution < 1.29 is 14.3 Å². The molecule has 2 heterocycles. The van der Waals surface area contributed by atoms with Crippen molar-refractivity contribution in [2.45, 2.75) is 32.6 Å². The molecule has 0 spiro atoms. The van der Waals surface area contributed by atoms with Gasteiger partial charge < -0.3 is 15.4 Å². The van der Waals surface area contributed by atoms with Crippen molar-refractivity contribution in [3.8, 4) is 0 Å².